The fraction of sp³-hybridized carbons (Fsp3) is 0.778. The van der Waals surface area contributed by atoms with Gasteiger partial charge in [-0.15, -0.1) is 0 Å². The number of aliphatic hydroxyl groups excluding tert-OH is 1. The largest absolute Gasteiger partial charge is 0.396 e. The van der Waals surface area contributed by atoms with Crippen LogP contribution in [0.25, 0.3) is 0 Å². The molecule has 23 heavy (non-hydrogen) atoms. The Hall–Kier alpha value is -1.36. The lowest BCUT2D eigenvalue weighted by Crippen LogP contribution is -2.42. The van der Waals surface area contributed by atoms with Crippen LogP contribution in [0, 0.1) is 19.3 Å². The van der Waals surface area contributed by atoms with Gasteiger partial charge in [0.15, 0.2) is 0 Å². The van der Waals surface area contributed by atoms with E-state index in [1.165, 1.54) is 5.56 Å². The predicted molar refractivity (Wildman–Crippen MR) is 89.1 cm³/mol. The van der Waals surface area contributed by atoms with Crippen molar-refractivity contribution in [1.29, 1.82) is 0 Å². The number of hydrogen-bond donors (Lipinski definition) is 1. The van der Waals surface area contributed by atoms with Crippen molar-refractivity contribution in [3.63, 3.8) is 0 Å². The third-order valence-corrected chi connectivity index (χ3v) is 6.41. The second-order valence-corrected chi connectivity index (χ2v) is 7.40. The first-order valence-electron chi connectivity index (χ1n) is 8.84. The molecule has 2 bridgehead atoms. The van der Waals surface area contributed by atoms with Crippen LogP contribution in [-0.2, 0) is 18.3 Å². The molecule has 2 saturated heterocycles. The quantitative estimate of drug-likeness (QED) is 0.904. The van der Waals surface area contributed by atoms with Crippen LogP contribution in [0.2, 0.25) is 0 Å². The van der Waals surface area contributed by atoms with E-state index in [0.717, 1.165) is 43.5 Å². The monoisotopic (exact) mass is 319 g/mol. The Balaban J connectivity index is 1.70. The average Bonchev–Trinajstić information content (AvgIpc) is 3.17. The molecule has 128 valence electrons. The standard InChI is InChI=1S/C18H29N3O2/c1-5-18(11-22)10-14-6-8-16(18)21(14)17(23)9-7-15-12(2)19-20(4)13(15)3/h14,16,22H,5-11H2,1-4H3/t14-,16+,18-/m0/s1. The van der Waals surface area contributed by atoms with Crippen LogP contribution in [0.5, 0.6) is 0 Å². The Kier molecular flexibility index (Phi) is 4.25. The fourth-order valence-electron chi connectivity index (χ4n) is 4.87. The van der Waals surface area contributed by atoms with Crippen LogP contribution < -0.4 is 0 Å². The molecule has 0 saturated carbocycles. The van der Waals surface area contributed by atoms with E-state index in [9.17, 15) is 9.90 Å². The highest BCUT2D eigenvalue weighted by Gasteiger charge is 2.55. The Morgan fingerprint density at radius 3 is 2.65 bits per heavy atom. The van der Waals surface area contributed by atoms with Gasteiger partial charge in [-0.05, 0) is 51.5 Å². The van der Waals surface area contributed by atoms with E-state index >= 15 is 0 Å². The van der Waals surface area contributed by atoms with Crippen LogP contribution in [-0.4, -0.2) is 44.4 Å². The van der Waals surface area contributed by atoms with Gasteiger partial charge in [0.2, 0.25) is 5.91 Å². The molecule has 1 aromatic heterocycles. The summed E-state index contributed by atoms with van der Waals surface area (Å²) in [4.78, 5) is 15.0. The first-order valence-corrected chi connectivity index (χ1v) is 8.84. The zero-order valence-electron chi connectivity index (χ0n) is 14.8. The summed E-state index contributed by atoms with van der Waals surface area (Å²) < 4.78 is 1.89. The zero-order valence-corrected chi connectivity index (χ0v) is 14.8. The molecule has 1 N–H and O–H groups in total. The van der Waals surface area contributed by atoms with Gasteiger partial charge in [-0.3, -0.25) is 9.48 Å². The van der Waals surface area contributed by atoms with Gasteiger partial charge in [-0.2, -0.15) is 5.10 Å². The highest BCUT2D eigenvalue weighted by Crippen LogP contribution is 2.51. The molecule has 0 unspecified atom stereocenters. The van der Waals surface area contributed by atoms with Gasteiger partial charge in [0.05, 0.1) is 12.3 Å². The van der Waals surface area contributed by atoms with E-state index in [1.807, 2.05) is 18.7 Å². The van der Waals surface area contributed by atoms with Crippen molar-refractivity contribution in [2.75, 3.05) is 6.61 Å². The Morgan fingerprint density at radius 2 is 2.13 bits per heavy atom. The number of fused-ring (bicyclic) bond motifs is 2. The highest BCUT2D eigenvalue weighted by atomic mass is 16.3. The summed E-state index contributed by atoms with van der Waals surface area (Å²) in [5.74, 6) is 0.254. The van der Waals surface area contributed by atoms with Crippen molar-refractivity contribution in [1.82, 2.24) is 14.7 Å². The average molecular weight is 319 g/mol. The molecule has 0 aromatic carbocycles. The first-order chi connectivity index (χ1) is 10.9. The summed E-state index contributed by atoms with van der Waals surface area (Å²) in [6, 6.07) is 0.585. The molecule has 2 fully saturated rings. The number of rotatable bonds is 5. The van der Waals surface area contributed by atoms with Gasteiger partial charge in [-0.25, -0.2) is 0 Å². The number of amides is 1. The number of aliphatic hydroxyl groups is 1. The summed E-state index contributed by atoms with van der Waals surface area (Å²) in [7, 11) is 1.95. The van der Waals surface area contributed by atoms with Gasteiger partial charge in [0, 0.05) is 36.7 Å². The van der Waals surface area contributed by atoms with Crippen LogP contribution in [0.4, 0.5) is 0 Å². The molecule has 2 aliphatic rings. The molecule has 0 spiro atoms. The van der Waals surface area contributed by atoms with Crippen LogP contribution in [0.15, 0.2) is 0 Å². The molecule has 0 aliphatic carbocycles. The topological polar surface area (TPSA) is 58.4 Å². The summed E-state index contributed by atoms with van der Waals surface area (Å²) >= 11 is 0. The van der Waals surface area contributed by atoms with Gasteiger partial charge < -0.3 is 10.0 Å². The normalized spacial score (nSPS) is 29.5. The van der Waals surface area contributed by atoms with Crippen molar-refractivity contribution < 1.29 is 9.90 Å². The maximum absolute atomic E-state index is 12.8. The van der Waals surface area contributed by atoms with Crippen LogP contribution in [0.1, 0.15) is 56.0 Å². The molecule has 3 rings (SSSR count). The third kappa shape index (κ3) is 2.49. The third-order valence-electron chi connectivity index (χ3n) is 6.41. The molecule has 3 atom stereocenters. The number of carbonyl (C=O) groups excluding carboxylic acids is 1. The summed E-state index contributed by atoms with van der Waals surface area (Å²) in [6.07, 6.45) is 5.39. The van der Waals surface area contributed by atoms with Crippen LogP contribution >= 0.6 is 0 Å². The lowest BCUT2D eigenvalue weighted by molar-refractivity contribution is -0.133. The Morgan fingerprint density at radius 1 is 1.39 bits per heavy atom. The number of aromatic nitrogens is 2. The molecular weight excluding hydrogens is 290 g/mol. The maximum atomic E-state index is 12.8. The van der Waals surface area contributed by atoms with Gasteiger partial charge >= 0.3 is 0 Å². The second kappa shape index (κ2) is 5.93. The van der Waals surface area contributed by atoms with E-state index in [2.05, 4.69) is 23.8 Å². The highest BCUT2D eigenvalue weighted by molar-refractivity contribution is 5.78. The minimum absolute atomic E-state index is 0.0568. The van der Waals surface area contributed by atoms with E-state index in [-0.39, 0.29) is 24.0 Å². The number of carbonyl (C=O) groups is 1. The van der Waals surface area contributed by atoms with Crippen molar-refractivity contribution in [2.24, 2.45) is 12.5 Å². The minimum Gasteiger partial charge on any atom is -0.396 e. The molecule has 5 nitrogen and oxygen atoms in total. The first kappa shape index (κ1) is 16.5. The van der Waals surface area contributed by atoms with Crippen molar-refractivity contribution in [3.8, 4) is 0 Å². The van der Waals surface area contributed by atoms with Crippen LogP contribution in [0.3, 0.4) is 0 Å². The lowest BCUT2D eigenvalue weighted by atomic mass is 9.72. The van der Waals surface area contributed by atoms with E-state index in [4.69, 9.17) is 0 Å². The minimum atomic E-state index is -0.0568. The summed E-state index contributed by atoms with van der Waals surface area (Å²) in [5, 5.41) is 14.3. The van der Waals surface area contributed by atoms with E-state index < -0.39 is 0 Å². The molecule has 1 amide bonds. The SMILES string of the molecule is CC[C@@]1(CO)C[C@@H]2CC[C@H]1N2C(=O)CCc1c(C)nn(C)c1C. The molecule has 5 heteroatoms. The van der Waals surface area contributed by atoms with E-state index in [0.29, 0.717) is 12.5 Å². The van der Waals surface area contributed by atoms with Gasteiger partial charge in [0.1, 0.15) is 0 Å². The van der Waals surface area contributed by atoms with Crippen molar-refractivity contribution >= 4 is 5.91 Å². The van der Waals surface area contributed by atoms with E-state index in [1.54, 1.807) is 0 Å². The number of aryl methyl sites for hydroxylation is 2. The number of nitrogens with zero attached hydrogens (tertiary/aromatic N) is 3. The number of hydrogen-bond acceptors (Lipinski definition) is 3. The molecule has 0 radical (unpaired) electrons. The fourth-order valence-corrected chi connectivity index (χ4v) is 4.87. The van der Waals surface area contributed by atoms with Crippen molar-refractivity contribution in [2.45, 2.75) is 71.4 Å². The predicted octanol–water partition coefficient (Wildman–Crippen LogP) is 2.12. The lowest BCUT2D eigenvalue weighted by Gasteiger charge is -2.34. The molecule has 3 heterocycles. The summed E-state index contributed by atoms with van der Waals surface area (Å²) in [5.41, 5.74) is 3.33. The molecule has 2 aliphatic heterocycles. The molecule has 1 aromatic rings. The maximum Gasteiger partial charge on any atom is 0.223 e. The molecular formula is C18H29N3O2. The second-order valence-electron chi connectivity index (χ2n) is 7.40. The van der Waals surface area contributed by atoms with Gasteiger partial charge in [0.25, 0.3) is 0 Å². The van der Waals surface area contributed by atoms with Gasteiger partial charge in [-0.1, -0.05) is 6.92 Å². The van der Waals surface area contributed by atoms with Crippen molar-refractivity contribution in [3.05, 3.63) is 17.0 Å². The zero-order chi connectivity index (χ0) is 16.8. The Labute approximate surface area is 138 Å². The smallest absolute Gasteiger partial charge is 0.223 e. The Bertz CT molecular complexity index is 604. The summed E-state index contributed by atoms with van der Waals surface area (Å²) in [6.45, 7) is 6.42.